The first-order valence-corrected chi connectivity index (χ1v) is 6.13. The van der Waals surface area contributed by atoms with E-state index in [1.807, 2.05) is 6.07 Å². The van der Waals surface area contributed by atoms with E-state index < -0.39 is 5.91 Å². The zero-order valence-electron chi connectivity index (χ0n) is 9.27. The first kappa shape index (κ1) is 13.9. The highest BCUT2D eigenvalue weighted by atomic mass is 79.9. The molecule has 0 heterocycles. The minimum absolute atomic E-state index is 0.201. The highest BCUT2D eigenvalue weighted by molar-refractivity contribution is 9.10. The largest absolute Gasteiger partial charge is 0.492 e. The highest BCUT2D eigenvalue weighted by Gasteiger charge is 2.12. The van der Waals surface area contributed by atoms with E-state index in [9.17, 15) is 4.79 Å². The van der Waals surface area contributed by atoms with Gasteiger partial charge in [-0.2, -0.15) is 0 Å². The second kappa shape index (κ2) is 5.97. The van der Waals surface area contributed by atoms with Gasteiger partial charge in [0.15, 0.2) is 0 Å². The summed E-state index contributed by atoms with van der Waals surface area (Å²) >= 11 is 8.25. The summed E-state index contributed by atoms with van der Waals surface area (Å²) in [6.45, 7) is 1.90. The van der Waals surface area contributed by atoms with Gasteiger partial charge in [-0.1, -0.05) is 35.1 Å². The van der Waals surface area contributed by atoms with Crippen LogP contribution in [0.4, 0.5) is 0 Å². The first-order valence-electron chi connectivity index (χ1n) is 4.93. The lowest BCUT2D eigenvalue weighted by atomic mass is 10.2. The molecule has 0 bridgehead atoms. The van der Waals surface area contributed by atoms with Gasteiger partial charge in [0.05, 0.1) is 18.1 Å². The smallest absolute Gasteiger partial charge is 0.223 e. The van der Waals surface area contributed by atoms with Crippen molar-refractivity contribution in [2.75, 3.05) is 6.61 Å². The summed E-state index contributed by atoms with van der Waals surface area (Å²) in [6.07, 6.45) is 0. The Morgan fingerprint density at radius 1 is 1.53 bits per heavy atom. The van der Waals surface area contributed by atoms with Crippen molar-refractivity contribution >= 4 is 39.0 Å². The Morgan fingerprint density at radius 2 is 2.18 bits per heavy atom. The minimum atomic E-state index is -0.404. The maximum absolute atomic E-state index is 10.9. The van der Waals surface area contributed by atoms with Gasteiger partial charge >= 0.3 is 0 Å². The van der Waals surface area contributed by atoms with Crippen LogP contribution >= 0.6 is 28.1 Å². The summed E-state index contributed by atoms with van der Waals surface area (Å²) in [5.41, 5.74) is 11.4. The molecule has 4 N–H and O–H groups in total. The molecule has 0 aliphatic rings. The number of ether oxygens (including phenoxy) is 1. The van der Waals surface area contributed by atoms with E-state index in [0.29, 0.717) is 11.3 Å². The monoisotopic (exact) mass is 316 g/mol. The van der Waals surface area contributed by atoms with Crippen LogP contribution in [0.3, 0.4) is 0 Å². The molecule has 92 valence electrons. The SMILES string of the molecule is CC(COc1ccc(Br)cc1C(N)=S)C(N)=O. The average Bonchev–Trinajstić information content (AvgIpc) is 2.26. The third-order valence-corrected chi connectivity index (χ3v) is 2.89. The zero-order valence-corrected chi connectivity index (χ0v) is 11.7. The highest BCUT2D eigenvalue weighted by Crippen LogP contribution is 2.23. The standard InChI is InChI=1S/C11H13BrN2O2S/c1-6(10(13)15)5-16-9-3-2-7(12)4-8(9)11(14)17/h2-4,6H,5H2,1H3,(H2,13,15)(H2,14,17). The van der Waals surface area contributed by atoms with Crippen LogP contribution in [-0.4, -0.2) is 17.5 Å². The maximum Gasteiger partial charge on any atom is 0.223 e. The minimum Gasteiger partial charge on any atom is -0.492 e. The van der Waals surface area contributed by atoms with Crippen molar-refractivity contribution in [1.29, 1.82) is 0 Å². The van der Waals surface area contributed by atoms with E-state index in [1.54, 1.807) is 19.1 Å². The van der Waals surface area contributed by atoms with Crippen LogP contribution in [0.2, 0.25) is 0 Å². The number of primary amides is 1. The summed E-state index contributed by atoms with van der Waals surface area (Å²) in [4.78, 5) is 11.1. The summed E-state index contributed by atoms with van der Waals surface area (Å²) < 4.78 is 6.34. The van der Waals surface area contributed by atoms with Crippen LogP contribution < -0.4 is 16.2 Å². The Labute approximate surface area is 113 Å². The molecular formula is C11H13BrN2O2S. The van der Waals surface area contributed by atoms with Gasteiger partial charge in [-0.05, 0) is 18.2 Å². The number of thiocarbonyl (C=S) groups is 1. The molecule has 0 aliphatic heterocycles. The number of amides is 1. The second-order valence-electron chi connectivity index (χ2n) is 3.62. The molecule has 0 fully saturated rings. The molecule has 17 heavy (non-hydrogen) atoms. The number of nitrogens with two attached hydrogens (primary N) is 2. The van der Waals surface area contributed by atoms with Crippen molar-refractivity contribution in [2.45, 2.75) is 6.92 Å². The van der Waals surface area contributed by atoms with E-state index in [2.05, 4.69) is 15.9 Å². The Hall–Kier alpha value is -1.14. The topological polar surface area (TPSA) is 78.3 Å². The van der Waals surface area contributed by atoms with Crippen LogP contribution in [0, 0.1) is 5.92 Å². The van der Waals surface area contributed by atoms with Gasteiger partial charge < -0.3 is 16.2 Å². The molecule has 0 aromatic heterocycles. The summed E-state index contributed by atoms with van der Waals surface area (Å²) in [5, 5.41) is 0. The Bertz CT molecular complexity index is 451. The van der Waals surface area contributed by atoms with E-state index in [1.165, 1.54) is 0 Å². The predicted molar refractivity (Wildman–Crippen MR) is 73.9 cm³/mol. The molecule has 1 amide bonds. The molecule has 0 saturated carbocycles. The number of rotatable bonds is 5. The molecule has 0 saturated heterocycles. The number of benzene rings is 1. The third-order valence-electron chi connectivity index (χ3n) is 2.18. The number of halogens is 1. The molecule has 0 aliphatic carbocycles. The van der Waals surface area contributed by atoms with Crippen molar-refractivity contribution in [1.82, 2.24) is 0 Å². The van der Waals surface area contributed by atoms with Crippen LogP contribution in [0.25, 0.3) is 0 Å². The molecule has 1 rings (SSSR count). The van der Waals surface area contributed by atoms with Crippen molar-refractivity contribution in [3.8, 4) is 5.75 Å². The molecule has 1 aromatic carbocycles. The number of carbonyl (C=O) groups excluding carboxylic acids is 1. The van der Waals surface area contributed by atoms with E-state index >= 15 is 0 Å². The van der Waals surface area contributed by atoms with Gasteiger partial charge in [-0.3, -0.25) is 4.79 Å². The molecule has 6 heteroatoms. The molecule has 1 aromatic rings. The van der Waals surface area contributed by atoms with Gasteiger partial charge in [-0.25, -0.2) is 0 Å². The molecule has 0 spiro atoms. The predicted octanol–water partition coefficient (Wildman–Crippen LogP) is 1.58. The number of carbonyl (C=O) groups is 1. The fourth-order valence-corrected chi connectivity index (χ4v) is 1.64. The lowest BCUT2D eigenvalue weighted by Crippen LogP contribution is -2.26. The van der Waals surface area contributed by atoms with Crippen LogP contribution in [0.5, 0.6) is 5.75 Å². The third kappa shape index (κ3) is 3.98. The van der Waals surface area contributed by atoms with Gasteiger partial charge in [-0.15, -0.1) is 0 Å². The van der Waals surface area contributed by atoms with Crippen LogP contribution in [0.15, 0.2) is 22.7 Å². The van der Waals surface area contributed by atoms with Gasteiger partial charge in [0.25, 0.3) is 0 Å². The van der Waals surface area contributed by atoms with Crippen molar-refractivity contribution in [3.05, 3.63) is 28.2 Å². The zero-order chi connectivity index (χ0) is 13.0. The summed E-state index contributed by atoms with van der Waals surface area (Å²) in [5.74, 6) is -0.217. The molecular weight excluding hydrogens is 304 g/mol. The lowest BCUT2D eigenvalue weighted by molar-refractivity contribution is -0.122. The van der Waals surface area contributed by atoms with E-state index in [0.717, 1.165) is 4.47 Å². The van der Waals surface area contributed by atoms with Gasteiger partial charge in [0, 0.05) is 4.47 Å². The first-order chi connectivity index (χ1) is 7.91. The molecule has 0 radical (unpaired) electrons. The molecule has 1 atom stereocenters. The quantitative estimate of drug-likeness (QED) is 0.808. The normalized spacial score (nSPS) is 11.9. The number of hydrogen-bond donors (Lipinski definition) is 2. The van der Waals surface area contributed by atoms with Crippen molar-refractivity contribution in [3.63, 3.8) is 0 Å². The molecule has 1 unspecified atom stereocenters. The maximum atomic E-state index is 10.9. The Balaban J connectivity index is 2.84. The lowest BCUT2D eigenvalue weighted by Gasteiger charge is -2.13. The van der Waals surface area contributed by atoms with E-state index in [4.69, 9.17) is 28.4 Å². The Morgan fingerprint density at radius 3 is 2.71 bits per heavy atom. The van der Waals surface area contributed by atoms with Crippen molar-refractivity contribution < 1.29 is 9.53 Å². The van der Waals surface area contributed by atoms with Crippen LogP contribution in [0.1, 0.15) is 12.5 Å². The fraction of sp³-hybridized carbons (Fsp3) is 0.273. The Kier molecular flexibility index (Phi) is 4.89. The summed E-state index contributed by atoms with van der Waals surface area (Å²) in [7, 11) is 0. The van der Waals surface area contributed by atoms with Crippen LogP contribution in [-0.2, 0) is 4.79 Å². The second-order valence-corrected chi connectivity index (χ2v) is 4.97. The van der Waals surface area contributed by atoms with Gasteiger partial charge in [0.2, 0.25) is 5.91 Å². The van der Waals surface area contributed by atoms with Crippen molar-refractivity contribution in [2.24, 2.45) is 17.4 Å². The summed E-state index contributed by atoms with van der Waals surface area (Å²) in [6, 6.07) is 5.32. The number of hydrogen-bond acceptors (Lipinski definition) is 3. The van der Waals surface area contributed by atoms with E-state index in [-0.39, 0.29) is 17.5 Å². The fourth-order valence-electron chi connectivity index (χ4n) is 1.12. The molecule has 4 nitrogen and oxygen atoms in total. The average molecular weight is 317 g/mol. The van der Waals surface area contributed by atoms with Gasteiger partial charge in [0.1, 0.15) is 10.7 Å².